The van der Waals surface area contributed by atoms with Crippen molar-refractivity contribution >= 4 is 29.4 Å². The third-order valence-corrected chi connectivity index (χ3v) is 8.11. The van der Waals surface area contributed by atoms with Gasteiger partial charge in [0.15, 0.2) is 0 Å². The second-order valence-electron chi connectivity index (χ2n) is 10.2. The zero-order chi connectivity index (χ0) is 31.2. The first-order valence-corrected chi connectivity index (χ1v) is 13.5. The summed E-state index contributed by atoms with van der Waals surface area (Å²) in [6, 6.07) is 10.6. The molecule has 3 N–H and O–H groups in total. The lowest BCUT2D eigenvalue weighted by Gasteiger charge is -2.24. The van der Waals surface area contributed by atoms with Gasteiger partial charge in [-0.3, -0.25) is 9.59 Å². The number of benzene rings is 2. The highest BCUT2D eigenvalue weighted by molar-refractivity contribution is 5.98. The van der Waals surface area contributed by atoms with Crippen molar-refractivity contribution in [2.24, 2.45) is 5.73 Å². The molecule has 0 spiro atoms. The van der Waals surface area contributed by atoms with Crippen LogP contribution in [-0.4, -0.2) is 68.0 Å². The van der Waals surface area contributed by atoms with Crippen LogP contribution in [0.15, 0.2) is 48.8 Å². The molecule has 0 aliphatic carbocycles. The molecule has 0 saturated carbocycles. The summed E-state index contributed by atoms with van der Waals surface area (Å²) in [7, 11) is 0. The van der Waals surface area contributed by atoms with Crippen molar-refractivity contribution in [2.45, 2.75) is 44.3 Å². The van der Waals surface area contributed by atoms with Crippen molar-refractivity contribution in [1.29, 1.82) is 0 Å². The van der Waals surface area contributed by atoms with E-state index in [2.05, 4.69) is 37.3 Å². The minimum Gasteiger partial charge on any atom is -0.483 e. The first-order valence-electron chi connectivity index (χ1n) is 15.0. The number of hydrogen-bond donors (Lipinski definition) is 2. The Morgan fingerprint density at radius 3 is 2.73 bits per heavy atom. The summed E-state index contributed by atoms with van der Waals surface area (Å²) >= 11 is 0. The number of carbonyl (C=O) groups excluding carboxylic acids is 1. The smallest absolute Gasteiger partial charge is 0.290 e. The lowest BCUT2D eigenvalue weighted by Crippen LogP contribution is -2.36. The molecule has 2 aromatic carbocycles. The first kappa shape index (κ1) is 23.0. The van der Waals surface area contributed by atoms with E-state index >= 15 is 0 Å². The number of fused-ring (bicyclic) bond motifs is 9. The summed E-state index contributed by atoms with van der Waals surface area (Å²) in [5.41, 5.74) is 11.2. The number of nitrogens with zero attached hydrogens (tertiary/aromatic N) is 6. The van der Waals surface area contributed by atoms with Crippen LogP contribution in [0.4, 0.5) is 5.95 Å². The maximum Gasteiger partial charge on any atom is 0.290 e. The van der Waals surface area contributed by atoms with Gasteiger partial charge in [0.1, 0.15) is 5.82 Å². The van der Waals surface area contributed by atoms with E-state index in [9.17, 15) is 4.79 Å². The predicted octanol–water partition coefficient (Wildman–Crippen LogP) is 3.61. The van der Waals surface area contributed by atoms with Crippen LogP contribution in [0, 0.1) is 11.8 Å². The monoisotopic (exact) mass is 552 g/mol. The molecule has 5 heterocycles. The van der Waals surface area contributed by atoms with E-state index in [1.165, 1.54) is 0 Å². The molecule has 2 aromatic heterocycles. The van der Waals surface area contributed by atoms with Crippen LogP contribution in [-0.2, 0) is 4.79 Å². The van der Waals surface area contributed by atoms with Gasteiger partial charge in [-0.25, -0.2) is 15.0 Å². The largest absolute Gasteiger partial charge is 0.483 e. The van der Waals surface area contributed by atoms with Gasteiger partial charge < -0.3 is 25.2 Å². The number of anilines is 1. The van der Waals surface area contributed by atoms with E-state index < -0.39 is 18.9 Å². The predicted molar refractivity (Wildman–Crippen MR) is 155 cm³/mol. The molecule has 3 aliphatic heterocycles. The van der Waals surface area contributed by atoms with Crippen molar-refractivity contribution in [3.63, 3.8) is 0 Å². The number of carboxylic acid groups (broad SMARTS) is 1. The summed E-state index contributed by atoms with van der Waals surface area (Å²) < 4.78 is 26.9. The molecule has 4 aromatic rings. The van der Waals surface area contributed by atoms with Gasteiger partial charge >= 0.3 is 0 Å². The Hall–Kier alpha value is -4.75. The number of hydrogen-bond acceptors (Lipinski definition) is 7. The second kappa shape index (κ2) is 10.7. The summed E-state index contributed by atoms with van der Waals surface area (Å²) in [6.07, 6.45) is 6.21. The van der Waals surface area contributed by atoms with Gasteiger partial charge in [-0.2, -0.15) is 0 Å². The molecule has 208 valence electrons. The first-order chi connectivity index (χ1) is 21.2. The van der Waals surface area contributed by atoms with E-state index in [-0.39, 0.29) is 18.6 Å². The quantitative estimate of drug-likeness (QED) is 0.291. The molecule has 0 unspecified atom stereocenters. The minimum absolute atomic E-state index is 0.250. The van der Waals surface area contributed by atoms with Crippen LogP contribution in [0.3, 0.4) is 0 Å². The Balaban J connectivity index is 0.00000110. The fraction of sp³-hybridized carbons (Fsp3) is 0.323. The van der Waals surface area contributed by atoms with E-state index in [0.717, 1.165) is 57.6 Å². The van der Waals surface area contributed by atoms with Crippen LogP contribution < -0.4 is 10.6 Å². The highest BCUT2D eigenvalue weighted by Crippen LogP contribution is 2.48. The maximum absolute atomic E-state index is 13.7. The highest BCUT2D eigenvalue weighted by Gasteiger charge is 2.44. The summed E-state index contributed by atoms with van der Waals surface area (Å²) in [5.74, 6) is 6.84. The standard InChI is InChI=1S/C30H29N7O.CH2O2/c1-3-6-18-7-4-9-22-27(18)25-14-26(35(2)29(22)38)28-34-23-11-10-19(13-24(23)37(25)28)20-16-32-30(33-17-20)36-12-5-8-21(36)15-31;2-1-3/h4,7,9-11,13,16-17,21,25-26H,5,8,12,14-15,31H2,1-2H3;1H,(H,2,3)/t21-,25+,26+;/m0./s1/i2D3;. The van der Waals surface area contributed by atoms with E-state index in [1.54, 1.807) is 19.1 Å². The average molecular weight is 553 g/mol. The molecular weight excluding hydrogens is 518 g/mol. The van der Waals surface area contributed by atoms with Crippen LogP contribution in [0.5, 0.6) is 0 Å². The molecule has 10 nitrogen and oxygen atoms in total. The Bertz CT molecular complexity index is 1810. The van der Waals surface area contributed by atoms with Crippen molar-refractivity contribution in [1.82, 2.24) is 24.4 Å². The van der Waals surface area contributed by atoms with E-state index in [1.807, 2.05) is 30.6 Å². The zero-order valence-electron chi connectivity index (χ0n) is 25.5. The molecule has 1 amide bonds. The molecule has 3 aliphatic rings. The van der Waals surface area contributed by atoms with Crippen molar-refractivity contribution < 1.29 is 18.8 Å². The summed E-state index contributed by atoms with van der Waals surface area (Å²) in [5, 5.41) is 6.89. The fourth-order valence-electron chi connectivity index (χ4n) is 6.33. The third-order valence-electron chi connectivity index (χ3n) is 8.11. The van der Waals surface area contributed by atoms with Crippen molar-refractivity contribution in [3.05, 3.63) is 71.3 Å². The molecule has 2 bridgehead atoms. The Labute approximate surface area is 242 Å². The Morgan fingerprint density at radius 2 is 2.00 bits per heavy atom. The number of nitrogens with two attached hydrogens (primary N) is 1. The number of aromatic nitrogens is 4. The topological polar surface area (TPSA) is 130 Å². The van der Waals surface area contributed by atoms with Crippen LogP contribution in [0.25, 0.3) is 22.2 Å². The molecule has 7 rings (SSSR count). The summed E-state index contributed by atoms with van der Waals surface area (Å²) in [4.78, 5) is 39.5. The molecule has 1 saturated heterocycles. The van der Waals surface area contributed by atoms with Gasteiger partial charge in [0.2, 0.25) is 5.95 Å². The Kier molecular flexibility index (Phi) is 5.99. The lowest BCUT2D eigenvalue weighted by atomic mass is 9.93. The third kappa shape index (κ3) is 4.30. The maximum atomic E-state index is 13.7. The van der Waals surface area contributed by atoms with Gasteiger partial charge in [0.05, 0.1) is 23.1 Å². The molecule has 3 atom stereocenters. The zero-order valence-corrected chi connectivity index (χ0v) is 22.5. The van der Waals surface area contributed by atoms with Crippen LogP contribution >= 0.6 is 0 Å². The van der Waals surface area contributed by atoms with Gasteiger partial charge in [0, 0.05) is 71.3 Å². The van der Waals surface area contributed by atoms with E-state index in [4.69, 9.17) is 24.7 Å². The highest BCUT2D eigenvalue weighted by atomic mass is 16.3. The fourth-order valence-corrected chi connectivity index (χ4v) is 6.33. The number of amides is 1. The van der Waals surface area contributed by atoms with Gasteiger partial charge in [-0.1, -0.05) is 18.1 Å². The number of rotatable bonds is 3. The second-order valence-corrected chi connectivity index (χ2v) is 10.2. The summed E-state index contributed by atoms with van der Waals surface area (Å²) in [6.45, 7) is 0.354. The van der Waals surface area contributed by atoms with Crippen molar-refractivity contribution in [2.75, 3.05) is 25.0 Å². The lowest BCUT2D eigenvalue weighted by molar-refractivity contribution is -0.122. The Morgan fingerprint density at radius 1 is 1.20 bits per heavy atom. The molecule has 41 heavy (non-hydrogen) atoms. The van der Waals surface area contributed by atoms with Gasteiger partial charge in [-0.15, -0.1) is 5.92 Å². The minimum atomic E-state index is -2.63. The normalized spacial score (nSPS) is 21.9. The van der Waals surface area contributed by atoms with Crippen molar-refractivity contribution in [3.8, 4) is 23.0 Å². The molecular formula is C31H31N7O3. The van der Waals surface area contributed by atoms with Gasteiger partial charge in [0.25, 0.3) is 12.4 Å². The number of carbonyl (C=O) groups is 2. The molecule has 1 fully saturated rings. The SMILES string of the molecule is O=CO.[2H]C([2H])([2H])N1C(=O)c2cccc(C#CC)c2[C@H]2C[C@@H]1c1nc3ccc(-c4cnc(N5CCC[C@H]5CN)nc4)cc3n12. The van der Waals surface area contributed by atoms with E-state index in [0.29, 0.717) is 30.3 Å². The van der Waals surface area contributed by atoms with Gasteiger partial charge in [-0.05, 0) is 49.6 Å². The molecule has 10 heteroatoms. The van der Waals surface area contributed by atoms with Crippen LogP contribution in [0.2, 0.25) is 0 Å². The number of imidazole rings is 1. The molecule has 0 radical (unpaired) electrons. The average Bonchev–Trinajstić information content (AvgIpc) is 3.70. The van der Waals surface area contributed by atoms with Crippen LogP contribution in [0.1, 0.15) is 69.7 Å².